The quantitative estimate of drug-likeness (QED) is 0.681. The van der Waals surface area contributed by atoms with Crippen molar-refractivity contribution in [1.29, 1.82) is 0 Å². The maximum Gasteiger partial charge on any atom is 0.331 e. The Bertz CT molecular complexity index is 349. The summed E-state index contributed by atoms with van der Waals surface area (Å²) >= 11 is 0. The molecule has 0 saturated carbocycles. The molecule has 0 amide bonds. The van der Waals surface area contributed by atoms with E-state index in [9.17, 15) is 4.79 Å². The number of methoxy groups -OCH3 is 1. The Balaban J connectivity index is 2.40. The Hall–Kier alpha value is -1.39. The van der Waals surface area contributed by atoms with Crippen LogP contribution in [0.4, 0.5) is 0 Å². The average Bonchev–Trinajstić information content (AvgIpc) is 2.36. The van der Waals surface area contributed by atoms with Crippen LogP contribution in [-0.2, 0) is 32.2 Å². The van der Waals surface area contributed by atoms with Crippen molar-refractivity contribution in [3.05, 3.63) is 35.4 Å². The van der Waals surface area contributed by atoms with Gasteiger partial charge in [-0.2, -0.15) is 0 Å². The van der Waals surface area contributed by atoms with Crippen LogP contribution in [0.5, 0.6) is 0 Å². The number of esters is 1. The van der Waals surface area contributed by atoms with E-state index in [0.717, 1.165) is 11.1 Å². The van der Waals surface area contributed by atoms with Gasteiger partial charge in [0, 0.05) is 6.61 Å². The Morgan fingerprint density at radius 1 is 1.18 bits per heavy atom. The molecule has 0 heterocycles. The van der Waals surface area contributed by atoms with E-state index in [-0.39, 0.29) is 12.6 Å². The maximum absolute atomic E-state index is 10.8. The molecular weight excluding hydrogens is 220 g/mol. The van der Waals surface area contributed by atoms with E-state index in [4.69, 9.17) is 9.47 Å². The Labute approximate surface area is 101 Å². The van der Waals surface area contributed by atoms with E-state index in [2.05, 4.69) is 4.74 Å². The highest BCUT2D eigenvalue weighted by molar-refractivity contribution is 5.70. The minimum Gasteiger partial charge on any atom is -0.467 e. The summed E-state index contributed by atoms with van der Waals surface area (Å²) < 4.78 is 15.0. The molecule has 0 unspecified atom stereocenters. The van der Waals surface area contributed by atoms with Gasteiger partial charge in [0.05, 0.1) is 20.3 Å². The largest absolute Gasteiger partial charge is 0.467 e. The molecule has 0 saturated heterocycles. The molecule has 0 bridgehead atoms. The molecule has 0 N–H and O–H groups in total. The Morgan fingerprint density at radius 2 is 1.82 bits per heavy atom. The van der Waals surface area contributed by atoms with Gasteiger partial charge in [-0.1, -0.05) is 24.3 Å². The molecule has 1 aromatic rings. The van der Waals surface area contributed by atoms with Crippen molar-refractivity contribution < 1.29 is 19.0 Å². The third-order valence-corrected chi connectivity index (χ3v) is 2.18. The zero-order valence-electron chi connectivity index (χ0n) is 10.3. The van der Waals surface area contributed by atoms with E-state index >= 15 is 0 Å². The van der Waals surface area contributed by atoms with Gasteiger partial charge < -0.3 is 14.2 Å². The lowest BCUT2D eigenvalue weighted by Gasteiger charge is -2.06. The smallest absolute Gasteiger partial charge is 0.331 e. The van der Waals surface area contributed by atoms with Crippen molar-refractivity contribution in [1.82, 2.24) is 0 Å². The SMILES string of the molecule is CCOCc1cccc(COCC(=O)OC)c1. The highest BCUT2D eigenvalue weighted by Crippen LogP contribution is 2.08. The Kier molecular flexibility index (Phi) is 6.29. The lowest BCUT2D eigenvalue weighted by Crippen LogP contribution is -2.10. The summed E-state index contributed by atoms with van der Waals surface area (Å²) in [4.78, 5) is 10.8. The fourth-order valence-corrected chi connectivity index (χ4v) is 1.34. The molecule has 0 atom stereocenters. The van der Waals surface area contributed by atoms with E-state index in [1.807, 2.05) is 31.2 Å². The van der Waals surface area contributed by atoms with E-state index in [1.165, 1.54) is 7.11 Å². The normalized spacial score (nSPS) is 10.2. The zero-order valence-corrected chi connectivity index (χ0v) is 10.3. The molecule has 0 aliphatic carbocycles. The minimum atomic E-state index is -0.365. The molecule has 1 rings (SSSR count). The minimum absolute atomic E-state index is 0.0216. The van der Waals surface area contributed by atoms with Crippen LogP contribution in [0.3, 0.4) is 0 Å². The van der Waals surface area contributed by atoms with E-state index < -0.39 is 0 Å². The summed E-state index contributed by atoms with van der Waals surface area (Å²) in [6.45, 7) is 3.63. The van der Waals surface area contributed by atoms with Crippen LogP contribution < -0.4 is 0 Å². The predicted octanol–water partition coefficient (Wildman–Crippen LogP) is 1.91. The molecule has 0 radical (unpaired) electrons. The van der Waals surface area contributed by atoms with Crippen LogP contribution in [-0.4, -0.2) is 26.3 Å². The van der Waals surface area contributed by atoms with Gasteiger partial charge in [0.15, 0.2) is 0 Å². The third-order valence-electron chi connectivity index (χ3n) is 2.18. The van der Waals surface area contributed by atoms with Crippen molar-refractivity contribution in [2.75, 3.05) is 20.3 Å². The Morgan fingerprint density at radius 3 is 2.41 bits per heavy atom. The number of hydrogen-bond donors (Lipinski definition) is 0. The van der Waals surface area contributed by atoms with Gasteiger partial charge in [0.1, 0.15) is 6.61 Å². The van der Waals surface area contributed by atoms with Crippen molar-refractivity contribution in [3.63, 3.8) is 0 Å². The van der Waals surface area contributed by atoms with Crippen molar-refractivity contribution >= 4 is 5.97 Å². The first-order valence-corrected chi connectivity index (χ1v) is 5.56. The number of carbonyl (C=O) groups is 1. The maximum atomic E-state index is 10.8. The fraction of sp³-hybridized carbons (Fsp3) is 0.462. The molecule has 4 nitrogen and oxygen atoms in total. The highest BCUT2D eigenvalue weighted by atomic mass is 16.6. The summed E-state index contributed by atoms with van der Waals surface area (Å²) in [7, 11) is 1.34. The molecule has 0 aliphatic heterocycles. The number of rotatable bonds is 7. The lowest BCUT2D eigenvalue weighted by atomic mass is 10.1. The van der Waals surface area contributed by atoms with Crippen LogP contribution in [0.1, 0.15) is 18.1 Å². The molecule has 0 spiro atoms. The van der Waals surface area contributed by atoms with Crippen LogP contribution in [0.2, 0.25) is 0 Å². The number of carbonyl (C=O) groups excluding carboxylic acids is 1. The van der Waals surface area contributed by atoms with Gasteiger partial charge in [-0.05, 0) is 18.1 Å². The highest BCUT2D eigenvalue weighted by Gasteiger charge is 2.01. The third kappa shape index (κ3) is 5.47. The summed E-state index contributed by atoms with van der Waals surface area (Å²) in [5.41, 5.74) is 2.12. The average molecular weight is 238 g/mol. The van der Waals surface area contributed by atoms with Crippen LogP contribution in [0.15, 0.2) is 24.3 Å². The number of hydrogen-bond acceptors (Lipinski definition) is 4. The van der Waals surface area contributed by atoms with Crippen molar-refractivity contribution in [2.45, 2.75) is 20.1 Å². The monoisotopic (exact) mass is 238 g/mol. The number of benzene rings is 1. The molecular formula is C13H18O4. The number of ether oxygens (including phenoxy) is 3. The molecule has 94 valence electrons. The summed E-state index contributed by atoms with van der Waals surface area (Å²) in [6, 6.07) is 7.91. The first-order chi connectivity index (χ1) is 8.26. The topological polar surface area (TPSA) is 44.8 Å². The van der Waals surface area contributed by atoms with Gasteiger partial charge >= 0.3 is 5.97 Å². The lowest BCUT2D eigenvalue weighted by molar-refractivity contribution is -0.146. The van der Waals surface area contributed by atoms with Gasteiger partial charge in [-0.25, -0.2) is 4.79 Å². The van der Waals surface area contributed by atoms with Gasteiger partial charge in [0.2, 0.25) is 0 Å². The fourth-order valence-electron chi connectivity index (χ4n) is 1.34. The van der Waals surface area contributed by atoms with Crippen LogP contribution in [0, 0.1) is 0 Å². The van der Waals surface area contributed by atoms with Gasteiger partial charge in [0.25, 0.3) is 0 Å². The second-order valence-corrected chi connectivity index (χ2v) is 3.53. The second-order valence-electron chi connectivity index (χ2n) is 3.53. The molecule has 1 aromatic carbocycles. The summed E-state index contributed by atoms with van der Waals surface area (Å²) in [6.07, 6.45) is 0. The molecule has 4 heteroatoms. The van der Waals surface area contributed by atoms with Gasteiger partial charge in [-0.15, -0.1) is 0 Å². The summed E-state index contributed by atoms with van der Waals surface area (Å²) in [5, 5.41) is 0. The van der Waals surface area contributed by atoms with Crippen molar-refractivity contribution in [3.8, 4) is 0 Å². The standard InChI is InChI=1S/C13H18O4/c1-3-16-8-11-5-4-6-12(7-11)9-17-10-13(14)15-2/h4-7H,3,8-10H2,1-2H3. The van der Waals surface area contributed by atoms with Crippen molar-refractivity contribution in [2.24, 2.45) is 0 Å². The molecule has 0 aliphatic rings. The van der Waals surface area contributed by atoms with Crippen LogP contribution >= 0.6 is 0 Å². The zero-order chi connectivity index (χ0) is 12.5. The predicted molar refractivity (Wildman–Crippen MR) is 63.4 cm³/mol. The first-order valence-electron chi connectivity index (χ1n) is 5.56. The summed E-state index contributed by atoms with van der Waals surface area (Å²) in [5.74, 6) is -0.365. The molecule has 17 heavy (non-hydrogen) atoms. The van der Waals surface area contributed by atoms with Gasteiger partial charge in [-0.3, -0.25) is 0 Å². The molecule has 0 fully saturated rings. The van der Waals surface area contributed by atoms with E-state index in [0.29, 0.717) is 19.8 Å². The molecule has 0 aromatic heterocycles. The first kappa shape index (κ1) is 13.7. The van der Waals surface area contributed by atoms with E-state index in [1.54, 1.807) is 0 Å². The van der Waals surface area contributed by atoms with Crippen LogP contribution in [0.25, 0.3) is 0 Å². The second kappa shape index (κ2) is 7.81.